The molecule has 2 aromatic rings. The molecule has 2 heterocycles. The lowest BCUT2D eigenvalue weighted by atomic mass is 9.95. The molecule has 0 aliphatic carbocycles. The van der Waals surface area contributed by atoms with Gasteiger partial charge in [-0.3, -0.25) is 0 Å². The maximum atomic E-state index is 12.3. The molecule has 29 heavy (non-hydrogen) atoms. The van der Waals surface area contributed by atoms with Crippen molar-refractivity contribution < 1.29 is 18.3 Å². The molecule has 6 heteroatoms. The minimum absolute atomic E-state index is 0.0566. The topological polar surface area (TPSA) is 34.6 Å². The van der Waals surface area contributed by atoms with Gasteiger partial charge in [-0.2, -0.15) is 4.98 Å². The largest absolute Gasteiger partial charge is 0.489 e. The smallest absolute Gasteiger partial charge is 0.272 e. The number of aromatic nitrogens is 1. The van der Waals surface area contributed by atoms with Gasteiger partial charge in [0.15, 0.2) is 6.61 Å². The van der Waals surface area contributed by atoms with Gasteiger partial charge < -0.3 is 14.4 Å². The van der Waals surface area contributed by atoms with Crippen LogP contribution < -0.4 is 14.4 Å². The molecule has 0 saturated carbocycles. The summed E-state index contributed by atoms with van der Waals surface area (Å²) in [6.45, 7) is 9.08. The number of allylic oxidation sites excluding steroid dienone is 1. The molecule has 2 atom stereocenters. The van der Waals surface area contributed by atoms with Gasteiger partial charge in [0.05, 0.1) is 6.54 Å². The van der Waals surface area contributed by atoms with Crippen molar-refractivity contribution in [2.45, 2.75) is 45.1 Å². The molecule has 4 nitrogen and oxygen atoms in total. The second kappa shape index (κ2) is 9.72. The van der Waals surface area contributed by atoms with Crippen molar-refractivity contribution in [3.8, 4) is 11.6 Å². The van der Waals surface area contributed by atoms with Crippen molar-refractivity contribution in [3.05, 3.63) is 60.2 Å². The first-order chi connectivity index (χ1) is 13.9. The molecule has 156 valence electrons. The quantitative estimate of drug-likeness (QED) is 0.522. The fourth-order valence-corrected chi connectivity index (χ4v) is 3.55. The van der Waals surface area contributed by atoms with E-state index in [1.165, 1.54) is 11.1 Å². The monoisotopic (exact) mass is 402 g/mol. The zero-order chi connectivity index (χ0) is 20.8. The van der Waals surface area contributed by atoms with E-state index in [4.69, 9.17) is 9.47 Å². The van der Waals surface area contributed by atoms with E-state index in [-0.39, 0.29) is 12.0 Å². The third-order valence-corrected chi connectivity index (χ3v) is 4.94. The van der Waals surface area contributed by atoms with Gasteiger partial charge in [-0.1, -0.05) is 30.7 Å². The molecule has 0 spiro atoms. The van der Waals surface area contributed by atoms with Crippen molar-refractivity contribution >= 4 is 5.82 Å². The lowest BCUT2D eigenvalue weighted by Gasteiger charge is -2.19. The Kier molecular flexibility index (Phi) is 7.07. The summed E-state index contributed by atoms with van der Waals surface area (Å²) in [5, 5.41) is 0. The summed E-state index contributed by atoms with van der Waals surface area (Å²) in [7, 11) is 0. The van der Waals surface area contributed by atoms with Crippen LogP contribution in [0.3, 0.4) is 0 Å². The van der Waals surface area contributed by atoms with Gasteiger partial charge in [0.25, 0.3) is 6.43 Å². The first-order valence-corrected chi connectivity index (χ1v) is 9.94. The van der Waals surface area contributed by atoms with Crippen LogP contribution in [0.15, 0.2) is 54.6 Å². The zero-order valence-electron chi connectivity index (χ0n) is 17.0. The number of nitrogens with zero attached hydrogens (tertiary/aromatic N) is 2. The fourth-order valence-electron chi connectivity index (χ4n) is 3.55. The number of pyridine rings is 1. The van der Waals surface area contributed by atoms with Crippen LogP contribution in [0, 0.1) is 0 Å². The standard InChI is InChI=1S/C23H28F2N2O2/c1-16(2)13-17(3)18-7-9-19(10-8-18)29-20-11-12-27(14-20)22-5-4-6-23(26-22)28-15-21(24)25/h4-10,17,20-21H,1,11-15H2,2-3H3/t17-,20-/m1/s1. The van der Waals surface area contributed by atoms with Crippen LogP contribution in [0.25, 0.3) is 0 Å². The van der Waals surface area contributed by atoms with Gasteiger partial charge in [-0.15, -0.1) is 6.58 Å². The molecule has 0 radical (unpaired) electrons. The summed E-state index contributed by atoms with van der Waals surface area (Å²) in [5.41, 5.74) is 2.46. The van der Waals surface area contributed by atoms with Crippen LogP contribution in [0.4, 0.5) is 14.6 Å². The van der Waals surface area contributed by atoms with E-state index in [1.807, 2.05) is 18.2 Å². The van der Waals surface area contributed by atoms with E-state index in [0.717, 1.165) is 25.1 Å². The summed E-state index contributed by atoms with van der Waals surface area (Å²) in [5.74, 6) is 2.22. The predicted molar refractivity (Wildman–Crippen MR) is 111 cm³/mol. The van der Waals surface area contributed by atoms with Crippen LogP contribution in [0.5, 0.6) is 11.6 Å². The third-order valence-electron chi connectivity index (χ3n) is 4.94. The Morgan fingerprint density at radius 1 is 1.24 bits per heavy atom. The molecule has 1 aliphatic heterocycles. The predicted octanol–water partition coefficient (Wildman–Crippen LogP) is 5.45. The molecular formula is C23H28F2N2O2. The Balaban J connectivity index is 1.55. The molecule has 0 amide bonds. The Labute approximate surface area is 171 Å². The number of rotatable bonds is 9. The number of hydrogen-bond acceptors (Lipinski definition) is 4. The normalized spacial score (nSPS) is 17.4. The van der Waals surface area contributed by atoms with E-state index in [0.29, 0.717) is 18.3 Å². The number of anilines is 1. The second-order valence-corrected chi connectivity index (χ2v) is 7.64. The summed E-state index contributed by atoms with van der Waals surface area (Å²) in [6.07, 6.45) is -0.607. The lowest BCUT2D eigenvalue weighted by molar-refractivity contribution is 0.0796. The van der Waals surface area contributed by atoms with E-state index in [2.05, 4.69) is 42.4 Å². The van der Waals surface area contributed by atoms with Crippen molar-refractivity contribution in [3.63, 3.8) is 0 Å². The fraction of sp³-hybridized carbons (Fsp3) is 0.435. The minimum Gasteiger partial charge on any atom is -0.489 e. The summed E-state index contributed by atoms with van der Waals surface area (Å²) >= 11 is 0. The lowest BCUT2D eigenvalue weighted by Crippen LogP contribution is -2.25. The third kappa shape index (κ3) is 6.17. The number of halogens is 2. The highest BCUT2D eigenvalue weighted by molar-refractivity contribution is 5.42. The van der Waals surface area contributed by atoms with Gasteiger partial charge in [-0.25, -0.2) is 8.78 Å². The maximum Gasteiger partial charge on any atom is 0.272 e. The molecule has 1 fully saturated rings. The molecule has 0 bridgehead atoms. The van der Waals surface area contributed by atoms with E-state index in [9.17, 15) is 8.78 Å². The van der Waals surface area contributed by atoms with Crippen molar-refractivity contribution in [1.82, 2.24) is 4.98 Å². The van der Waals surface area contributed by atoms with E-state index >= 15 is 0 Å². The SMILES string of the molecule is C=C(C)C[C@@H](C)c1ccc(O[C@@H]2CCN(c3cccc(OCC(F)F)n3)C2)cc1. The van der Waals surface area contributed by atoms with Crippen LogP contribution >= 0.6 is 0 Å². The van der Waals surface area contributed by atoms with Gasteiger partial charge in [0, 0.05) is 19.0 Å². The van der Waals surface area contributed by atoms with E-state index < -0.39 is 13.0 Å². The summed E-state index contributed by atoms with van der Waals surface area (Å²) in [4.78, 5) is 6.42. The molecule has 1 saturated heterocycles. The minimum atomic E-state index is -2.51. The van der Waals surface area contributed by atoms with Crippen LogP contribution in [0.1, 0.15) is 38.2 Å². The zero-order valence-corrected chi connectivity index (χ0v) is 17.0. The number of ether oxygens (including phenoxy) is 2. The number of benzene rings is 1. The highest BCUT2D eigenvalue weighted by Crippen LogP contribution is 2.27. The molecule has 0 N–H and O–H groups in total. The average molecular weight is 402 g/mol. The molecule has 1 aromatic heterocycles. The molecule has 3 rings (SSSR count). The first kappa shape index (κ1) is 21.1. The summed E-state index contributed by atoms with van der Waals surface area (Å²) in [6, 6.07) is 13.5. The van der Waals surface area contributed by atoms with Gasteiger partial charge >= 0.3 is 0 Å². The van der Waals surface area contributed by atoms with Crippen LogP contribution in [-0.2, 0) is 0 Å². The van der Waals surface area contributed by atoms with Crippen LogP contribution in [-0.4, -0.2) is 37.2 Å². The molecule has 0 unspecified atom stereocenters. The molecule has 1 aliphatic rings. The Bertz CT molecular complexity index is 811. The highest BCUT2D eigenvalue weighted by atomic mass is 19.3. The Hall–Kier alpha value is -2.63. The second-order valence-electron chi connectivity index (χ2n) is 7.64. The Morgan fingerprint density at radius 3 is 2.69 bits per heavy atom. The first-order valence-electron chi connectivity index (χ1n) is 9.94. The molecule has 1 aromatic carbocycles. The van der Waals surface area contributed by atoms with Crippen molar-refractivity contribution in [2.75, 3.05) is 24.6 Å². The van der Waals surface area contributed by atoms with E-state index in [1.54, 1.807) is 12.1 Å². The summed E-state index contributed by atoms with van der Waals surface area (Å²) < 4.78 is 35.8. The van der Waals surface area contributed by atoms with Crippen molar-refractivity contribution in [1.29, 1.82) is 0 Å². The Morgan fingerprint density at radius 2 is 2.00 bits per heavy atom. The van der Waals surface area contributed by atoms with Crippen LogP contribution in [0.2, 0.25) is 0 Å². The highest BCUT2D eigenvalue weighted by Gasteiger charge is 2.25. The maximum absolute atomic E-state index is 12.3. The van der Waals surface area contributed by atoms with Gasteiger partial charge in [0.1, 0.15) is 17.7 Å². The average Bonchev–Trinajstić information content (AvgIpc) is 3.15. The molecular weight excluding hydrogens is 374 g/mol. The van der Waals surface area contributed by atoms with Gasteiger partial charge in [0.2, 0.25) is 5.88 Å². The van der Waals surface area contributed by atoms with Crippen molar-refractivity contribution in [2.24, 2.45) is 0 Å². The van der Waals surface area contributed by atoms with Gasteiger partial charge in [-0.05, 0) is 43.0 Å². The number of hydrogen-bond donors (Lipinski definition) is 0. The number of alkyl halides is 2.